The topological polar surface area (TPSA) is 73.2 Å². The molecule has 0 aliphatic carbocycles. The van der Waals surface area contributed by atoms with E-state index in [-0.39, 0.29) is 11.8 Å². The molecule has 1 heterocycles. The number of nitrogens with zero attached hydrogens (tertiary/aromatic N) is 2. The number of carbonyl (C=O) groups is 2. The van der Waals surface area contributed by atoms with Crippen LogP contribution in [-0.2, 0) is 17.6 Å². The predicted molar refractivity (Wildman–Crippen MR) is 95.4 cm³/mol. The summed E-state index contributed by atoms with van der Waals surface area (Å²) in [4.78, 5) is 25.6. The fourth-order valence-electron chi connectivity index (χ4n) is 3.02. The van der Waals surface area contributed by atoms with Crippen LogP contribution < -0.4 is 10.2 Å². The van der Waals surface area contributed by atoms with Crippen molar-refractivity contribution in [3.63, 3.8) is 0 Å². The van der Waals surface area contributed by atoms with Gasteiger partial charge in [0.05, 0.1) is 11.6 Å². The Labute approximate surface area is 146 Å². The minimum atomic E-state index is -0.180. The number of fused-ring (bicyclic) bond motifs is 1. The molecule has 1 aliphatic rings. The fourth-order valence-corrected chi connectivity index (χ4v) is 3.02. The van der Waals surface area contributed by atoms with Gasteiger partial charge in [0.2, 0.25) is 5.91 Å². The van der Waals surface area contributed by atoms with Crippen molar-refractivity contribution in [2.24, 2.45) is 0 Å². The van der Waals surface area contributed by atoms with Crippen molar-refractivity contribution in [3.8, 4) is 6.07 Å². The maximum absolute atomic E-state index is 12.2. The Balaban J connectivity index is 1.60. The van der Waals surface area contributed by atoms with E-state index in [1.54, 1.807) is 36.2 Å². The Morgan fingerprint density at radius 3 is 2.88 bits per heavy atom. The van der Waals surface area contributed by atoms with Crippen LogP contribution in [0, 0.1) is 11.3 Å². The van der Waals surface area contributed by atoms with Gasteiger partial charge in [0.1, 0.15) is 0 Å². The van der Waals surface area contributed by atoms with Crippen molar-refractivity contribution < 1.29 is 9.59 Å². The molecule has 0 saturated carbocycles. The van der Waals surface area contributed by atoms with E-state index in [1.165, 1.54) is 5.56 Å². The maximum Gasteiger partial charge on any atom is 0.251 e. The van der Waals surface area contributed by atoms with Crippen molar-refractivity contribution in [1.82, 2.24) is 5.32 Å². The number of hydrogen-bond acceptors (Lipinski definition) is 3. The molecule has 0 saturated heterocycles. The summed E-state index contributed by atoms with van der Waals surface area (Å²) in [5, 5.41) is 11.8. The van der Waals surface area contributed by atoms with E-state index in [2.05, 4.69) is 11.4 Å². The second kappa shape index (κ2) is 7.18. The van der Waals surface area contributed by atoms with Gasteiger partial charge >= 0.3 is 0 Å². The van der Waals surface area contributed by atoms with Gasteiger partial charge in [0.25, 0.3) is 5.91 Å². The Kier molecular flexibility index (Phi) is 4.80. The van der Waals surface area contributed by atoms with E-state index < -0.39 is 0 Å². The van der Waals surface area contributed by atoms with Gasteiger partial charge in [0, 0.05) is 31.3 Å². The zero-order valence-corrected chi connectivity index (χ0v) is 14.1. The number of aryl methyl sites for hydroxylation is 1. The van der Waals surface area contributed by atoms with Crippen LogP contribution >= 0.6 is 0 Å². The highest BCUT2D eigenvalue weighted by molar-refractivity contribution is 5.96. The number of carbonyl (C=O) groups excluding carboxylic acids is 2. The molecule has 5 nitrogen and oxygen atoms in total. The first-order valence-corrected chi connectivity index (χ1v) is 8.25. The van der Waals surface area contributed by atoms with E-state index in [1.807, 2.05) is 18.2 Å². The molecule has 126 valence electrons. The molecule has 0 aromatic heterocycles. The molecule has 0 fully saturated rings. The van der Waals surface area contributed by atoms with Gasteiger partial charge in [-0.3, -0.25) is 9.59 Å². The third-order valence-electron chi connectivity index (χ3n) is 4.44. The number of amides is 2. The Bertz CT molecular complexity index is 867. The Morgan fingerprint density at radius 2 is 2.08 bits per heavy atom. The standard InChI is InChI=1S/C20H19N3O2/c1-23-18-7-5-14(11-16(18)6-8-19(23)24)9-10-22-20(25)17-4-2-3-15(12-17)13-21/h2-5,7,11-12H,6,8-10H2,1H3,(H,22,25). The molecule has 5 heteroatoms. The number of nitriles is 1. The van der Waals surface area contributed by atoms with Gasteiger partial charge in [-0.2, -0.15) is 5.26 Å². The highest BCUT2D eigenvalue weighted by Gasteiger charge is 2.20. The highest BCUT2D eigenvalue weighted by atomic mass is 16.2. The lowest BCUT2D eigenvalue weighted by molar-refractivity contribution is -0.118. The SMILES string of the molecule is CN1C(=O)CCc2cc(CCNC(=O)c3cccc(C#N)c3)ccc21. The van der Waals surface area contributed by atoms with Gasteiger partial charge < -0.3 is 10.2 Å². The van der Waals surface area contributed by atoms with Gasteiger partial charge in [-0.25, -0.2) is 0 Å². The summed E-state index contributed by atoms with van der Waals surface area (Å²) in [6.07, 6.45) is 2.02. The normalized spacial score (nSPS) is 13.1. The van der Waals surface area contributed by atoms with Crippen molar-refractivity contribution in [3.05, 3.63) is 64.7 Å². The summed E-state index contributed by atoms with van der Waals surface area (Å²) < 4.78 is 0. The van der Waals surface area contributed by atoms with Crippen LogP contribution in [-0.4, -0.2) is 25.4 Å². The molecule has 0 radical (unpaired) electrons. The molecule has 0 unspecified atom stereocenters. The first-order chi connectivity index (χ1) is 12.1. The van der Waals surface area contributed by atoms with Gasteiger partial charge in [-0.15, -0.1) is 0 Å². The first kappa shape index (κ1) is 16.7. The molecule has 1 aliphatic heterocycles. The lowest BCUT2D eigenvalue weighted by Gasteiger charge is -2.26. The predicted octanol–water partition coefficient (Wildman–Crippen LogP) is 2.44. The zero-order valence-electron chi connectivity index (χ0n) is 14.1. The highest BCUT2D eigenvalue weighted by Crippen LogP contribution is 2.27. The number of benzene rings is 2. The van der Waals surface area contributed by atoms with Crippen molar-refractivity contribution >= 4 is 17.5 Å². The molecule has 2 aromatic rings. The molecule has 25 heavy (non-hydrogen) atoms. The second-order valence-corrected chi connectivity index (χ2v) is 6.11. The number of anilines is 1. The summed E-state index contributed by atoms with van der Waals surface area (Å²) in [6.45, 7) is 0.517. The molecule has 2 aromatic carbocycles. The first-order valence-electron chi connectivity index (χ1n) is 8.25. The summed E-state index contributed by atoms with van der Waals surface area (Å²) in [5.74, 6) is -0.0347. The number of rotatable bonds is 4. The van der Waals surface area contributed by atoms with Crippen LogP contribution in [0.2, 0.25) is 0 Å². The van der Waals surface area contributed by atoms with Crippen LogP contribution in [0.3, 0.4) is 0 Å². The summed E-state index contributed by atoms with van der Waals surface area (Å²) >= 11 is 0. The lowest BCUT2D eigenvalue weighted by Crippen LogP contribution is -2.31. The molecule has 0 atom stereocenters. The molecular weight excluding hydrogens is 314 g/mol. The number of nitrogens with one attached hydrogen (secondary N) is 1. The summed E-state index contributed by atoms with van der Waals surface area (Å²) in [6, 6.07) is 14.8. The summed E-state index contributed by atoms with van der Waals surface area (Å²) in [7, 11) is 1.80. The largest absolute Gasteiger partial charge is 0.352 e. The van der Waals surface area contributed by atoms with Gasteiger partial charge in [-0.1, -0.05) is 18.2 Å². The molecular formula is C20H19N3O2. The van der Waals surface area contributed by atoms with E-state index >= 15 is 0 Å². The molecule has 0 spiro atoms. The minimum absolute atomic E-state index is 0.145. The second-order valence-electron chi connectivity index (χ2n) is 6.11. The van der Waals surface area contributed by atoms with Crippen LogP contribution in [0.4, 0.5) is 5.69 Å². The van der Waals surface area contributed by atoms with Crippen LogP contribution in [0.15, 0.2) is 42.5 Å². The lowest BCUT2D eigenvalue weighted by atomic mass is 9.98. The molecule has 2 amide bonds. The smallest absolute Gasteiger partial charge is 0.251 e. The number of hydrogen-bond donors (Lipinski definition) is 1. The quantitative estimate of drug-likeness (QED) is 0.934. The minimum Gasteiger partial charge on any atom is -0.352 e. The van der Waals surface area contributed by atoms with Crippen LogP contribution in [0.5, 0.6) is 0 Å². The average Bonchev–Trinajstić information content (AvgIpc) is 2.64. The van der Waals surface area contributed by atoms with E-state index in [9.17, 15) is 9.59 Å². The third kappa shape index (κ3) is 3.69. The third-order valence-corrected chi connectivity index (χ3v) is 4.44. The van der Waals surface area contributed by atoms with Crippen LogP contribution in [0.1, 0.15) is 33.5 Å². The van der Waals surface area contributed by atoms with Crippen LogP contribution in [0.25, 0.3) is 0 Å². The molecule has 1 N–H and O–H groups in total. The molecule has 3 rings (SSSR count). The monoisotopic (exact) mass is 333 g/mol. The van der Waals surface area contributed by atoms with E-state index in [0.29, 0.717) is 30.5 Å². The Hall–Kier alpha value is -3.13. The summed E-state index contributed by atoms with van der Waals surface area (Å²) in [5.41, 5.74) is 4.24. The van der Waals surface area contributed by atoms with E-state index in [4.69, 9.17) is 5.26 Å². The van der Waals surface area contributed by atoms with E-state index in [0.717, 1.165) is 17.7 Å². The average molecular weight is 333 g/mol. The van der Waals surface area contributed by atoms with Gasteiger partial charge in [-0.05, 0) is 48.2 Å². The van der Waals surface area contributed by atoms with Crippen molar-refractivity contribution in [2.45, 2.75) is 19.3 Å². The zero-order chi connectivity index (χ0) is 17.8. The fraction of sp³-hybridized carbons (Fsp3) is 0.250. The van der Waals surface area contributed by atoms with Crippen molar-refractivity contribution in [2.75, 3.05) is 18.5 Å². The van der Waals surface area contributed by atoms with Crippen molar-refractivity contribution in [1.29, 1.82) is 5.26 Å². The maximum atomic E-state index is 12.2. The Morgan fingerprint density at radius 1 is 1.24 bits per heavy atom. The van der Waals surface area contributed by atoms with Gasteiger partial charge in [0.15, 0.2) is 0 Å². The molecule has 0 bridgehead atoms.